The molecule has 10 nitrogen and oxygen atoms in total. The average Bonchev–Trinajstić information content (AvgIpc) is 3.43. The summed E-state index contributed by atoms with van der Waals surface area (Å²) in [5, 5.41) is 15.7. The monoisotopic (exact) mass is 512 g/mol. The maximum Gasteiger partial charge on any atom is 0.268 e. The van der Waals surface area contributed by atoms with Crippen molar-refractivity contribution in [3.05, 3.63) is 42.1 Å². The summed E-state index contributed by atoms with van der Waals surface area (Å²) in [6.45, 7) is 9.15. The lowest BCUT2D eigenvalue weighted by Crippen LogP contribution is -2.53. The van der Waals surface area contributed by atoms with Gasteiger partial charge in [0, 0.05) is 30.4 Å². The van der Waals surface area contributed by atoms with Gasteiger partial charge in [0.25, 0.3) is 5.91 Å². The second kappa shape index (κ2) is 12.1. The van der Waals surface area contributed by atoms with Crippen LogP contribution in [-0.4, -0.2) is 77.0 Å². The highest BCUT2D eigenvalue weighted by atomic mass is 16.5. The summed E-state index contributed by atoms with van der Waals surface area (Å²) in [7, 11) is 1.56. The molecule has 3 amide bonds. The lowest BCUT2D eigenvalue weighted by Gasteiger charge is -2.35. The predicted molar refractivity (Wildman–Crippen MR) is 139 cm³/mol. The molecule has 200 valence electrons. The quantitative estimate of drug-likeness (QED) is 0.371. The average molecular weight is 513 g/mol. The highest BCUT2D eigenvalue weighted by Crippen LogP contribution is 2.29. The number of fused-ring (bicyclic) bond motifs is 1. The van der Waals surface area contributed by atoms with Crippen molar-refractivity contribution in [2.75, 3.05) is 26.8 Å². The summed E-state index contributed by atoms with van der Waals surface area (Å²) in [6, 6.07) is 5.88. The van der Waals surface area contributed by atoms with Crippen molar-refractivity contribution in [2.45, 2.75) is 52.2 Å². The van der Waals surface area contributed by atoms with E-state index < -0.39 is 42.2 Å². The number of hydrogen-bond donors (Lipinski definition) is 3. The Labute approximate surface area is 216 Å². The molecular weight excluding hydrogens is 476 g/mol. The molecule has 37 heavy (non-hydrogen) atoms. The Bertz CT molecular complexity index is 1200. The molecule has 2 unspecified atom stereocenters. The van der Waals surface area contributed by atoms with E-state index in [1.807, 2.05) is 29.7 Å². The van der Waals surface area contributed by atoms with Gasteiger partial charge in [-0.1, -0.05) is 18.2 Å². The van der Waals surface area contributed by atoms with Gasteiger partial charge in [0.1, 0.15) is 18.1 Å². The van der Waals surface area contributed by atoms with E-state index in [1.54, 1.807) is 27.0 Å². The first-order valence-corrected chi connectivity index (χ1v) is 12.4. The van der Waals surface area contributed by atoms with E-state index in [1.165, 1.54) is 4.90 Å². The van der Waals surface area contributed by atoms with E-state index in [-0.39, 0.29) is 18.9 Å². The molecule has 0 saturated carbocycles. The first-order valence-electron chi connectivity index (χ1n) is 12.4. The van der Waals surface area contributed by atoms with Gasteiger partial charge in [-0.3, -0.25) is 19.2 Å². The number of carbonyl (C=O) groups excluding carboxylic acids is 4. The summed E-state index contributed by atoms with van der Waals surface area (Å²) in [5.74, 6) is -1.44. The molecule has 1 aromatic heterocycles. The zero-order chi connectivity index (χ0) is 27.3. The van der Waals surface area contributed by atoms with Crippen molar-refractivity contribution in [3.8, 4) is 5.75 Å². The van der Waals surface area contributed by atoms with E-state index >= 15 is 0 Å². The molecule has 2 atom stereocenters. The minimum absolute atomic E-state index is 0.121. The van der Waals surface area contributed by atoms with Crippen LogP contribution in [0, 0.1) is 5.92 Å². The molecule has 3 rings (SSSR count). The third-order valence-corrected chi connectivity index (χ3v) is 6.56. The highest BCUT2D eigenvalue weighted by molar-refractivity contribution is 6.02. The lowest BCUT2D eigenvalue weighted by atomic mass is 9.94. The van der Waals surface area contributed by atoms with Gasteiger partial charge >= 0.3 is 0 Å². The number of allylic oxidation sites excluding steroid dienone is 1. The van der Waals surface area contributed by atoms with Crippen LogP contribution >= 0.6 is 0 Å². The van der Waals surface area contributed by atoms with Crippen LogP contribution in [0.4, 0.5) is 0 Å². The molecule has 1 aromatic carbocycles. The highest BCUT2D eigenvalue weighted by Gasteiger charge is 2.36. The summed E-state index contributed by atoms with van der Waals surface area (Å²) >= 11 is 0. The number of benzene rings is 1. The van der Waals surface area contributed by atoms with E-state index in [0.717, 1.165) is 16.5 Å². The Balaban J connectivity index is 1.83. The topological polar surface area (TPSA) is 130 Å². The Morgan fingerprint density at radius 3 is 2.62 bits per heavy atom. The largest absolute Gasteiger partial charge is 0.496 e. The zero-order valence-electron chi connectivity index (χ0n) is 21.9. The van der Waals surface area contributed by atoms with Crippen molar-refractivity contribution >= 4 is 34.4 Å². The molecule has 1 saturated heterocycles. The van der Waals surface area contributed by atoms with E-state index in [4.69, 9.17) is 4.74 Å². The van der Waals surface area contributed by atoms with Gasteiger partial charge in [-0.15, -0.1) is 0 Å². The summed E-state index contributed by atoms with van der Waals surface area (Å²) in [4.78, 5) is 52.7. The molecule has 1 aliphatic heterocycles. The molecule has 1 aliphatic rings. The van der Waals surface area contributed by atoms with Crippen molar-refractivity contribution in [1.29, 1.82) is 0 Å². The van der Waals surface area contributed by atoms with Crippen LogP contribution in [0.5, 0.6) is 5.75 Å². The second-order valence-electron chi connectivity index (χ2n) is 9.70. The zero-order valence-corrected chi connectivity index (χ0v) is 21.9. The normalized spacial score (nSPS) is 15.9. The van der Waals surface area contributed by atoms with Crippen LogP contribution in [0.3, 0.4) is 0 Å². The van der Waals surface area contributed by atoms with E-state index in [0.29, 0.717) is 31.0 Å². The number of hydrogen-bond acceptors (Lipinski definition) is 6. The number of Topliss-reactive ketones (excluding diaryl/α,β-unsaturated/α-hetero) is 1. The summed E-state index contributed by atoms with van der Waals surface area (Å²) in [6.07, 6.45) is 0.678. The predicted octanol–water partition coefficient (Wildman–Crippen LogP) is 1.65. The van der Waals surface area contributed by atoms with E-state index in [9.17, 15) is 24.3 Å². The molecule has 0 spiro atoms. The molecule has 1 fully saturated rings. The fourth-order valence-corrected chi connectivity index (χ4v) is 4.87. The molecule has 2 aromatic rings. The number of aliphatic hydroxyl groups is 1. The smallest absolute Gasteiger partial charge is 0.268 e. The van der Waals surface area contributed by atoms with Crippen LogP contribution in [0.25, 0.3) is 10.9 Å². The maximum atomic E-state index is 13.3. The first-order chi connectivity index (χ1) is 17.6. The van der Waals surface area contributed by atoms with Crippen molar-refractivity contribution < 1.29 is 29.0 Å². The van der Waals surface area contributed by atoms with Crippen LogP contribution in [0.2, 0.25) is 0 Å². The number of nitrogens with zero attached hydrogens (tertiary/aromatic N) is 2. The number of amides is 3. The first kappa shape index (κ1) is 27.9. The van der Waals surface area contributed by atoms with Gasteiger partial charge in [0.2, 0.25) is 11.8 Å². The van der Waals surface area contributed by atoms with Crippen LogP contribution in [0.1, 0.15) is 44.1 Å². The molecule has 0 aliphatic carbocycles. The van der Waals surface area contributed by atoms with Crippen molar-refractivity contribution in [1.82, 2.24) is 20.1 Å². The summed E-state index contributed by atoms with van der Waals surface area (Å²) < 4.78 is 7.27. The fraction of sp³-hybridized carbons (Fsp3) is 0.481. The Morgan fingerprint density at radius 1 is 1.32 bits per heavy atom. The second-order valence-corrected chi connectivity index (χ2v) is 9.70. The molecule has 0 radical (unpaired) electrons. The van der Waals surface area contributed by atoms with Crippen molar-refractivity contribution in [2.24, 2.45) is 5.92 Å². The maximum absolute atomic E-state index is 13.3. The van der Waals surface area contributed by atoms with Gasteiger partial charge in [-0.25, -0.2) is 0 Å². The van der Waals surface area contributed by atoms with Gasteiger partial charge in [0.15, 0.2) is 5.78 Å². The van der Waals surface area contributed by atoms with E-state index in [2.05, 4.69) is 17.2 Å². The van der Waals surface area contributed by atoms with Gasteiger partial charge < -0.3 is 29.9 Å². The minimum Gasteiger partial charge on any atom is -0.496 e. The molecule has 0 bridgehead atoms. The number of nitrogens with one attached hydrogen (secondary N) is 2. The number of ether oxygens (including phenoxy) is 1. The standard InChI is InChI=1S/C27H36N4O6/c1-16(2)14-30-20-7-6-8-24(37-5)19(20)12-22(30)27(36)29-13-25(34)31(17(3)4)21(23(33)15-32)11-18-9-10-28-26(18)35/h6-8,12,17-18,21,32H,1,9-11,13-15H2,2-5H3,(H,28,35)(H,29,36). The molecule has 10 heteroatoms. The third-order valence-electron chi connectivity index (χ3n) is 6.56. The van der Waals surface area contributed by atoms with Crippen LogP contribution in [0.15, 0.2) is 36.4 Å². The fourth-order valence-electron chi connectivity index (χ4n) is 4.87. The number of rotatable bonds is 12. The van der Waals surface area contributed by atoms with Gasteiger partial charge in [-0.05, 0) is 51.8 Å². The van der Waals surface area contributed by atoms with Crippen LogP contribution in [-0.2, 0) is 20.9 Å². The molecule has 3 N–H and O–H groups in total. The number of aliphatic hydroxyl groups excluding tert-OH is 1. The van der Waals surface area contributed by atoms with Crippen LogP contribution < -0.4 is 15.4 Å². The van der Waals surface area contributed by atoms with Crippen molar-refractivity contribution in [3.63, 3.8) is 0 Å². The number of carbonyl (C=O) groups is 4. The Hall–Kier alpha value is -3.66. The summed E-state index contributed by atoms with van der Waals surface area (Å²) in [5.41, 5.74) is 1.99. The lowest BCUT2D eigenvalue weighted by molar-refractivity contribution is -0.143. The molecular formula is C27H36N4O6. The number of aromatic nitrogens is 1. The Morgan fingerprint density at radius 2 is 2.05 bits per heavy atom. The Kier molecular flexibility index (Phi) is 9.09. The third kappa shape index (κ3) is 6.19. The number of ketones is 1. The number of methoxy groups -OCH3 is 1. The minimum atomic E-state index is -0.970. The SMILES string of the molecule is C=C(C)Cn1c(C(=O)NCC(=O)N(C(C)C)C(CC2CCNC2=O)C(=O)CO)cc2c(OC)cccc21. The van der Waals surface area contributed by atoms with Gasteiger partial charge in [-0.2, -0.15) is 0 Å². The van der Waals surface area contributed by atoms with Gasteiger partial charge in [0.05, 0.1) is 25.2 Å². The molecule has 2 heterocycles.